The van der Waals surface area contributed by atoms with Crippen LogP contribution in [0.3, 0.4) is 0 Å². The van der Waals surface area contributed by atoms with E-state index < -0.39 is 6.10 Å². The fourth-order valence-electron chi connectivity index (χ4n) is 2.07. The van der Waals surface area contributed by atoms with Crippen molar-refractivity contribution in [3.63, 3.8) is 0 Å². The van der Waals surface area contributed by atoms with Gasteiger partial charge in [0.15, 0.2) is 0 Å². The minimum atomic E-state index is -0.813. The molecule has 0 fully saturated rings. The van der Waals surface area contributed by atoms with E-state index in [4.69, 9.17) is 16.3 Å². The average Bonchev–Trinajstić information content (AvgIpc) is 2.89. The molecule has 0 saturated carbocycles. The van der Waals surface area contributed by atoms with Gasteiger partial charge >= 0.3 is 0 Å². The van der Waals surface area contributed by atoms with Crippen molar-refractivity contribution in [3.05, 3.63) is 58.9 Å². The number of benzene rings is 2. The highest BCUT2D eigenvalue weighted by atomic mass is 35.5. The molecule has 20 heavy (non-hydrogen) atoms. The summed E-state index contributed by atoms with van der Waals surface area (Å²) in [5.74, 6) is 1.24. The molecule has 0 bridgehead atoms. The molecule has 3 aromatic rings. The number of aliphatic hydroxyl groups excluding tert-OH is 1. The summed E-state index contributed by atoms with van der Waals surface area (Å²) >= 11 is 5.93. The molecule has 4 nitrogen and oxygen atoms in total. The van der Waals surface area contributed by atoms with Gasteiger partial charge in [-0.3, -0.25) is 0 Å². The molecule has 1 atom stereocenters. The van der Waals surface area contributed by atoms with Crippen LogP contribution in [0.15, 0.2) is 42.5 Å². The third-order valence-electron chi connectivity index (χ3n) is 3.15. The number of rotatable bonds is 3. The van der Waals surface area contributed by atoms with Crippen molar-refractivity contribution >= 4 is 22.6 Å². The number of halogens is 1. The number of hydrogen-bond donors (Lipinski definition) is 2. The van der Waals surface area contributed by atoms with Crippen molar-refractivity contribution in [3.8, 4) is 5.75 Å². The molecule has 0 amide bonds. The maximum Gasteiger partial charge on any atom is 0.140 e. The van der Waals surface area contributed by atoms with E-state index >= 15 is 0 Å². The second-order valence-electron chi connectivity index (χ2n) is 4.46. The van der Waals surface area contributed by atoms with Crippen molar-refractivity contribution in [1.29, 1.82) is 0 Å². The monoisotopic (exact) mass is 288 g/mol. The van der Waals surface area contributed by atoms with Crippen molar-refractivity contribution in [1.82, 2.24) is 9.97 Å². The lowest BCUT2D eigenvalue weighted by Crippen LogP contribution is -2.01. The lowest BCUT2D eigenvalue weighted by molar-refractivity contribution is 0.211. The van der Waals surface area contributed by atoms with Gasteiger partial charge in [0.05, 0.1) is 18.1 Å². The summed E-state index contributed by atoms with van der Waals surface area (Å²) in [4.78, 5) is 7.47. The van der Waals surface area contributed by atoms with Crippen LogP contribution < -0.4 is 4.74 Å². The number of methoxy groups -OCH3 is 1. The molecule has 1 unspecified atom stereocenters. The van der Waals surface area contributed by atoms with Crippen molar-refractivity contribution in [2.24, 2.45) is 0 Å². The normalized spacial score (nSPS) is 12.6. The first kappa shape index (κ1) is 13.0. The van der Waals surface area contributed by atoms with Gasteiger partial charge in [0.2, 0.25) is 0 Å². The van der Waals surface area contributed by atoms with Crippen LogP contribution in [0.25, 0.3) is 11.0 Å². The zero-order chi connectivity index (χ0) is 14.1. The van der Waals surface area contributed by atoms with Crippen LogP contribution in [0.1, 0.15) is 17.5 Å². The first-order chi connectivity index (χ1) is 9.67. The zero-order valence-electron chi connectivity index (χ0n) is 10.8. The maximum atomic E-state index is 10.4. The second-order valence-corrected chi connectivity index (χ2v) is 4.90. The lowest BCUT2D eigenvalue weighted by atomic mass is 10.1. The van der Waals surface area contributed by atoms with Crippen molar-refractivity contribution in [2.45, 2.75) is 6.10 Å². The number of fused-ring (bicyclic) bond motifs is 1. The maximum absolute atomic E-state index is 10.4. The van der Waals surface area contributed by atoms with Crippen molar-refractivity contribution in [2.75, 3.05) is 7.11 Å². The number of aromatic amines is 1. The minimum absolute atomic E-state index is 0.493. The molecule has 5 heteroatoms. The standard InChI is InChI=1S/C15H13ClN2O2/c1-20-11-5-2-9(3-6-11)14(19)15-17-12-7-4-10(16)8-13(12)18-15/h2-8,14,19H,1H3,(H,17,18). The number of ether oxygens (including phenoxy) is 1. The molecule has 2 N–H and O–H groups in total. The Morgan fingerprint density at radius 3 is 2.65 bits per heavy atom. The summed E-state index contributed by atoms with van der Waals surface area (Å²) < 4.78 is 5.10. The van der Waals surface area contributed by atoms with Gasteiger partial charge in [-0.2, -0.15) is 0 Å². The highest BCUT2D eigenvalue weighted by Gasteiger charge is 2.15. The molecule has 0 aliphatic carbocycles. The van der Waals surface area contributed by atoms with E-state index in [1.807, 2.05) is 18.2 Å². The molecule has 0 spiro atoms. The molecule has 102 valence electrons. The van der Waals surface area contributed by atoms with E-state index in [-0.39, 0.29) is 0 Å². The van der Waals surface area contributed by atoms with Gasteiger partial charge in [-0.25, -0.2) is 4.98 Å². The van der Waals surface area contributed by atoms with Gasteiger partial charge in [-0.1, -0.05) is 23.7 Å². The smallest absolute Gasteiger partial charge is 0.140 e. The molecule has 0 radical (unpaired) electrons. The Kier molecular flexibility index (Phi) is 3.34. The molecular weight excluding hydrogens is 276 g/mol. The van der Waals surface area contributed by atoms with Gasteiger partial charge in [0.25, 0.3) is 0 Å². The number of nitrogens with one attached hydrogen (secondary N) is 1. The molecule has 0 aliphatic heterocycles. The molecule has 1 aromatic heterocycles. The number of nitrogens with zero attached hydrogens (tertiary/aromatic N) is 1. The van der Waals surface area contributed by atoms with Gasteiger partial charge in [0.1, 0.15) is 17.7 Å². The fraction of sp³-hybridized carbons (Fsp3) is 0.133. The summed E-state index contributed by atoms with van der Waals surface area (Å²) in [5.41, 5.74) is 2.33. The third-order valence-corrected chi connectivity index (χ3v) is 3.39. The Morgan fingerprint density at radius 2 is 1.95 bits per heavy atom. The Hall–Kier alpha value is -2.04. The van der Waals surface area contributed by atoms with E-state index in [1.54, 1.807) is 31.4 Å². The lowest BCUT2D eigenvalue weighted by Gasteiger charge is -2.08. The molecule has 1 heterocycles. The average molecular weight is 289 g/mol. The Balaban J connectivity index is 1.96. The van der Waals surface area contributed by atoms with Gasteiger partial charge in [-0.05, 0) is 35.9 Å². The largest absolute Gasteiger partial charge is 0.497 e. The molecule has 2 aromatic carbocycles. The predicted molar refractivity (Wildman–Crippen MR) is 78.2 cm³/mol. The number of imidazole rings is 1. The summed E-state index contributed by atoms with van der Waals surface area (Å²) in [5, 5.41) is 11.0. The van der Waals surface area contributed by atoms with Gasteiger partial charge in [-0.15, -0.1) is 0 Å². The van der Waals surface area contributed by atoms with Gasteiger partial charge < -0.3 is 14.8 Å². The van der Waals surface area contributed by atoms with Crippen LogP contribution in [-0.2, 0) is 0 Å². The van der Waals surface area contributed by atoms with Crippen LogP contribution in [0, 0.1) is 0 Å². The predicted octanol–water partition coefficient (Wildman–Crippen LogP) is 3.31. The Bertz CT molecular complexity index is 737. The fourth-order valence-corrected chi connectivity index (χ4v) is 2.24. The van der Waals surface area contributed by atoms with Gasteiger partial charge in [0, 0.05) is 5.02 Å². The highest BCUT2D eigenvalue weighted by Crippen LogP contribution is 2.25. The first-order valence-electron chi connectivity index (χ1n) is 6.14. The van der Waals surface area contributed by atoms with Crippen LogP contribution in [0.2, 0.25) is 5.02 Å². The molecule has 0 saturated heterocycles. The van der Waals surface area contributed by atoms with Crippen LogP contribution >= 0.6 is 11.6 Å². The number of H-pyrrole nitrogens is 1. The van der Waals surface area contributed by atoms with Crippen LogP contribution in [0.5, 0.6) is 5.75 Å². The van der Waals surface area contributed by atoms with E-state index in [2.05, 4.69) is 9.97 Å². The second kappa shape index (κ2) is 5.15. The number of aliphatic hydroxyl groups is 1. The SMILES string of the molecule is COc1ccc(C(O)c2nc3cc(Cl)ccc3[nH]2)cc1. The van der Waals surface area contributed by atoms with E-state index in [1.165, 1.54) is 0 Å². The zero-order valence-corrected chi connectivity index (χ0v) is 11.6. The summed E-state index contributed by atoms with van der Waals surface area (Å²) in [6, 6.07) is 12.6. The molecular formula is C15H13ClN2O2. The highest BCUT2D eigenvalue weighted by molar-refractivity contribution is 6.31. The van der Waals surface area contributed by atoms with E-state index in [0.29, 0.717) is 10.8 Å². The van der Waals surface area contributed by atoms with Crippen LogP contribution in [0.4, 0.5) is 0 Å². The summed E-state index contributed by atoms with van der Waals surface area (Å²) in [6.07, 6.45) is -0.813. The van der Waals surface area contributed by atoms with Crippen LogP contribution in [-0.4, -0.2) is 22.2 Å². The Morgan fingerprint density at radius 1 is 1.20 bits per heavy atom. The third kappa shape index (κ3) is 2.35. The summed E-state index contributed by atoms with van der Waals surface area (Å²) in [7, 11) is 1.61. The quantitative estimate of drug-likeness (QED) is 0.777. The topological polar surface area (TPSA) is 58.1 Å². The van der Waals surface area contributed by atoms with E-state index in [0.717, 1.165) is 22.3 Å². The first-order valence-corrected chi connectivity index (χ1v) is 6.52. The molecule has 0 aliphatic rings. The van der Waals surface area contributed by atoms with Crippen molar-refractivity contribution < 1.29 is 9.84 Å². The molecule has 3 rings (SSSR count). The minimum Gasteiger partial charge on any atom is -0.497 e. The number of hydrogen-bond acceptors (Lipinski definition) is 3. The summed E-state index contributed by atoms with van der Waals surface area (Å²) in [6.45, 7) is 0. The number of aromatic nitrogens is 2. The Labute approximate surface area is 121 Å². The van der Waals surface area contributed by atoms with E-state index in [9.17, 15) is 5.11 Å².